The monoisotopic (exact) mass is 428 g/mol. The summed E-state index contributed by atoms with van der Waals surface area (Å²) < 4.78 is 43.0. The van der Waals surface area contributed by atoms with E-state index in [4.69, 9.17) is 11.6 Å². The van der Waals surface area contributed by atoms with Crippen LogP contribution in [0.1, 0.15) is 30.8 Å². The first-order chi connectivity index (χ1) is 13.7. The molecule has 0 radical (unpaired) electrons. The van der Waals surface area contributed by atoms with Crippen LogP contribution in [0.25, 0.3) is 0 Å². The summed E-state index contributed by atoms with van der Waals surface area (Å²) in [6, 6.07) is 3.29. The summed E-state index contributed by atoms with van der Waals surface area (Å²) in [5.41, 5.74) is 0.100. The molecule has 0 N–H and O–H groups in total. The number of aromatic nitrogens is 3. The van der Waals surface area contributed by atoms with E-state index >= 15 is 0 Å². The maximum Gasteiger partial charge on any atom is 0.346 e. The molecule has 1 aromatic carbocycles. The van der Waals surface area contributed by atoms with Crippen LogP contribution in [0.4, 0.5) is 13.2 Å². The number of halogens is 4. The molecular weight excluding hydrogens is 409 g/mol. The van der Waals surface area contributed by atoms with Crippen LogP contribution < -0.4 is 5.69 Å². The van der Waals surface area contributed by atoms with Gasteiger partial charge in [0, 0.05) is 6.42 Å². The number of hydrogen-bond donors (Lipinski definition) is 0. The van der Waals surface area contributed by atoms with Crippen molar-refractivity contribution < 1.29 is 18.0 Å². The Morgan fingerprint density at radius 3 is 2.62 bits per heavy atom. The lowest BCUT2D eigenvalue weighted by atomic mass is 9.93. The van der Waals surface area contributed by atoms with Gasteiger partial charge in [-0.2, -0.15) is 5.10 Å². The van der Waals surface area contributed by atoms with Crippen LogP contribution in [0.3, 0.4) is 0 Å². The van der Waals surface area contributed by atoms with Crippen molar-refractivity contribution in [2.75, 3.05) is 13.1 Å². The SMILES string of the molecule is CC1Cc2nn(Cc3ccc(F)c(Cl)c3)c(=O)n2C(C(=O)N2C[C@@H](F)[C@@H](F)C2)C1. The molecule has 2 aliphatic heterocycles. The van der Waals surface area contributed by atoms with E-state index in [2.05, 4.69) is 5.10 Å². The average molecular weight is 429 g/mol. The molecule has 29 heavy (non-hydrogen) atoms. The molecule has 2 unspecified atom stereocenters. The Morgan fingerprint density at radius 2 is 1.97 bits per heavy atom. The predicted octanol–water partition coefficient (Wildman–Crippen LogP) is 2.53. The van der Waals surface area contributed by atoms with Crippen LogP contribution >= 0.6 is 11.6 Å². The summed E-state index contributed by atoms with van der Waals surface area (Å²) in [4.78, 5) is 27.1. The number of fused-ring (bicyclic) bond motifs is 1. The number of nitrogens with zero attached hydrogens (tertiary/aromatic N) is 4. The molecule has 2 aromatic rings. The first-order valence-electron chi connectivity index (χ1n) is 9.43. The second kappa shape index (κ2) is 7.51. The Morgan fingerprint density at radius 1 is 1.28 bits per heavy atom. The maximum absolute atomic E-state index is 13.6. The summed E-state index contributed by atoms with van der Waals surface area (Å²) in [7, 11) is 0. The van der Waals surface area contributed by atoms with Gasteiger partial charge in [0.1, 0.15) is 17.7 Å². The zero-order valence-corrected chi connectivity index (χ0v) is 16.5. The number of hydrogen-bond acceptors (Lipinski definition) is 3. The number of benzene rings is 1. The third kappa shape index (κ3) is 3.68. The Balaban J connectivity index is 1.65. The van der Waals surface area contributed by atoms with Gasteiger partial charge in [-0.15, -0.1) is 0 Å². The van der Waals surface area contributed by atoms with E-state index in [1.54, 1.807) is 0 Å². The summed E-state index contributed by atoms with van der Waals surface area (Å²) in [6.45, 7) is 1.39. The van der Waals surface area contributed by atoms with Crippen molar-refractivity contribution >= 4 is 17.5 Å². The van der Waals surface area contributed by atoms with Crippen LogP contribution in [0.2, 0.25) is 5.02 Å². The van der Waals surface area contributed by atoms with Crippen molar-refractivity contribution in [2.24, 2.45) is 5.92 Å². The normalized spacial score (nSPS) is 26.6. The zero-order valence-electron chi connectivity index (χ0n) is 15.7. The molecule has 4 rings (SSSR count). The quantitative estimate of drug-likeness (QED) is 0.754. The minimum atomic E-state index is -1.71. The topological polar surface area (TPSA) is 60.1 Å². The van der Waals surface area contributed by atoms with Gasteiger partial charge in [0.25, 0.3) is 0 Å². The first kappa shape index (κ1) is 20.0. The molecule has 1 saturated heterocycles. The number of rotatable bonds is 3. The molecule has 2 aliphatic rings. The van der Waals surface area contributed by atoms with Gasteiger partial charge in [0.2, 0.25) is 5.91 Å². The van der Waals surface area contributed by atoms with Crippen molar-refractivity contribution in [1.29, 1.82) is 0 Å². The van der Waals surface area contributed by atoms with E-state index in [9.17, 15) is 22.8 Å². The fraction of sp³-hybridized carbons (Fsp3) is 0.526. The van der Waals surface area contributed by atoms with Gasteiger partial charge < -0.3 is 4.90 Å². The van der Waals surface area contributed by atoms with E-state index in [-0.39, 0.29) is 30.6 Å². The molecule has 4 atom stereocenters. The molecule has 1 amide bonds. The largest absolute Gasteiger partial charge is 0.346 e. The minimum absolute atomic E-state index is 0.0585. The lowest BCUT2D eigenvalue weighted by molar-refractivity contribution is -0.135. The molecule has 0 bridgehead atoms. The van der Waals surface area contributed by atoms with Crippen molar-refractivity contribution in [3.63, 3.8) is 0 Å². The van der Waals surface area contributed by atoms with Gasteiger partial charge in [0.05, 0.1) is 24.7 Å². The van der Waals surface area contributed by atoms with Crippen molar-refractivity contribution in [3.05, 3.63) is 50.9 Å². The van der Waals surface area contributed by atoms with E-state index in [1.165, 1.54) is 27.4 Å². The molecule has 1 aromatic heterocycles. The predicted molar refractivity (Wildman–Crippen MR) is 99.9 cm³/mol. The smallest absolute Gasteiger partial charge is 0.335 e. The highest BCUT2D eigenvalue weighted by Gasteiger charge is 2.41. The van der Waals surface area contributed by atoms with Crippen LogP contribution in [0.15, 0.2) is 23.0 Å². The molecule has 0 aliphatic carbocycles. The Kier molecular flexibility index (Phi) is 5.18. The van der Waals surface area contributed by atoms with Gasteiger partial charge in [-0.3, -0.25) is 9.36 Å². The molecular formula is C19H20ClF3N4O2. The minimum Gasteiger partial charge on any atom is -0.335 e. The van der Waals surface area contributed by atoms with Crippen molar-refractivity contribution in [1.82, 2.24) is 19.2 Å². The average Bonchev–Trinajstić information content (AvgIpc) is 3.16. The van der Waals surface area contributed by atoms with Gasteiger partial charge >= 0.3 is 5.69 Å². The summed E-state index contributed by atoms with van der Waals surface area (Å²) in [5, 5.41) is 4.29. The van der Waals surface area contributed by atoms with Crippen LogP contribution in [0, 0.1) is 11.7 Å². The maximum atomic E-state index is 13.6. The molecule has 3 heterocycles. The van der Waals surface area contributed by atoms with Crippen LogP contribution in [0.5, 0.6) is 0 Å². The summed E-state index contributed by atoms with van der Waals surface area (Å²) >= 11 is 5.80. The molecule has 10 heteroatoms. The fourth-order valence-electron chi connectivity index (χ4n) is 4.04. The van der Waals surface area contributed by atoms with Gasteiger partial charge in [-0.05, 0) is 30.0 Å². The van der Waals surface area contributed by atoms with Crippen LogP contribution in [-0.4, -0.2) is 50.6 Å². The summed E-state index contributed by atoms with van der Waals surface area (Å²) in [6.07, 6.45) is -2.51. The van der Waals surface area contributed by atoms with E-state index < -0.39 is 35.8 Å². The van der Waals surface area contributed by atoms with Crippen molar-refractivity contribution in [2.45, 2.75) is 44.7 Å². The highest BCUT2D eigenvalue weighted by atomic mass is 35.5. The number of amides is 1. The van der Waals surface area contributed by atoms with Gasteiger partial charge in [0.15, 0.2) is 12.3 Å². The summed E-state index contributed by atoms with van der Waals surface area (Å²) in [5.74, 6) is -0.494. The zero-order chi connectivity index (χ0) is 20.9. The van der Waals surface area contributed by atoms with Gasteiger partial charge in [-0.25, -0.2) is 22.6 Å². The molecule has 1 fully saturated rings. The Bertz CT molecular complexity index is 998. The highest BCUT2D eigenvalue weighted by molar-refractivity contribution is 6.30. The third-order valence-corrected chi connectivity index (χ3v) is 5.79. The van der Waals surface area contributed by atoms with Crippen LogP contribution in [-0.2, 0) is 17.8 Å². The van der Waals surface area contributed by atoms with E-state index in [1.807, 2.05) is 6.92 Å². The lowest BCUT2D eigenvalue weighted by Crippen LogP contribution is -2.43. The van der Waals surface area contributed by atoms with Gasteiger partial charge in [-0.1, -0.05) is 24.6 Å². The first-order valence-corrected chi connectivity index (χ1v) is 9.81. The van der Waals surface area contributed by atoms with E-state index in [0.717, 1.165) is 4.90 Å². The number of likely N-dealkylation sites (tertiary alicyclic amines) is 1. The third-order valence-electron chi connectivity index (χ3n) is 5.50. The molecule has 0 spiro atoms. The fourth-order valence-corrected chi connectivity index (χ4v) is 4.24. The molecule has 6 nitrogen and oxygen atoms in total. The standard InChI is InChI=1S/C19H20ClF3N4O2/c1-10-4-16(18(28)25-8-14(22)15(23)9-25)27-17(5-10)24-26(19(27)29)7-11-2-3-13(21)12(20)6-11/h2-3,6,10,14-16H,4-5,7-9H2,1H3/t10?,14-,15+,16?. The van der Waals surface area contributed by atoms with E-state index in [0.29, 0.717) is 24.2 Å². The number of carbonyl (C=O) groups excluding carboxylic acids is 1. The lowest BCUT2D eigenvalue weighted by Gasteiger charge is -2.29. The number of alkyl halides is 2. The molecule has 156 valence electrons. The highest BCUT2D eigenvalue weighted by Crippen LogP contribution is 2.30. The molecule has 0 saturated carbocycles. The van der Waals surface area contributed by atoms with Crippen molar-refractivity contribution in [3.8, 4) is 0 Å². The second-order valence-corrected chi connectivity index (χ2v) is 8.22. The Labute approximate surface area is 169 Å². The second-order valence-electron chi connectivity index (χ2n) is 7.81. The number of carbonyl (C=O) groups is 1. The Hall–Kier alpha value is -2.29.